The Morgan fingerprint density at radius 1 is 1.15 bits per heavy atom. The molecular weight excluding hydrogens is 531 g/mol. The molecule has 3 rings (SSSR count). The molecule has 0 bridgehead atoms. The van der Waals surface area contributed by atoms with Crippen molar-refractivity contribution in [3.63, 3.8) is 0 Å². The number of halogens is 1. The highest BCUT2D eigenvalue weighted by Gasteiger charge is 2.45. The average Bonchev–Trinajstić information content (AvgIpc) is 2.81. The molecule has 7 nitrogen and oxygen atoms in total. The highest BCUT2D eigenvalue weighted by Crippen LogP contribution is 2.31. The fourth-order valence-electron chi connectivity index (χ4n) is 5.07. The van der Waals surface area contributed by atoms with Gasteiger partial charge in [0.2, 0.25) is 0 Å². The van der Waals surface area contributed by atoms with E-state index in [2.05, 4.69) is 27.4 Å². The van der Waals surface area contributed by atoms with E-state index in [0.717, 1.165) is 11.1 Å². The molecule has 0 radical (unpaired) electrons. The van der Waals surface area contributed by atoms with Gasteiger partial charge in [0.05, 0.1) is 29.3 Å². The first kappa shape index (κ1) is 31.6. The average molecular weight is 575 g/mol. The molecule has 1 amide bonds. The number of carbonyl (C=O) groups is 1. The van der Waals surface area contributed by atoms with Crippen molar-refractivity contribution >= 4 is 21.6 Å². The minimum absolute atomic E-state index is 0.0203. The third-order valence-corrected chi connectivity index (χ3v) is 8.87. The summed E-state index contributed by atoms with van der Waals surface area (Å²) < 4.78 is 46.6. The summed E-state index contributed by atoms with van der Waals surface area (Å²) in [5, 5.41) is 11.5. The number of benzene rings is 2. The summed E-state index contributed by atoms with van der Waals surface area (Å²) in [6, 6.07) is 9.69. The number of nitrogens with two attached hydrogens (primary N) is 1. The maximum atomic E-state index is 14.6. The number of rotatable bonds is 7. The lowest BCUT2D eigenvalue weighted by Gasteiger charge is -2.41. The zero-order valence-electron chi connectivity index (χ0n) is 24.4. The van der Waals surface area contributed by atoms with Crippen molar-refractivity contribution in [1.82, 2.24) is 4.90 Å². The number of sulfone groups is 1. The first-order valence-corrected chi connectivity index (χ1v) is 15.4. The molecule has 2 aromatic rings. The molecule has 0 unspecified atom stereocenters. The van der Waals surface area contributed by atoms with Gasteiger partial charge < -0.3 is 15.6 Å². The van der Waals surface area contributed by atoms with E-state index < -0.39 is 51.2 Å². The predicted octanol–water partition coefficient (Wildman–Crippen LogP) is 5.19. The summed E-state index contributed by atoms with van der Waals surface area (Å²) in [4.78, 5) is 14.8. The molecule has 1 heterocycles. The lowest BCUT2D eigenvalue weighted by molar-refractivity contribution is -0.0172. The first-order valence-electron chi connectivity index (χ1n) is 13.6. The van der Waals surface area contributed by atoms with E-state index in [1.165, 1.54) is 11.0 Å². The number of nitrogens with zero attached hydrogens (tertiary/aromatic N) is 1. The van der Waals surface area contributed by atoms with Crippen LogP contribution in [0.3, 0.4) is 0 Å². The summed E-state index contributed by atoms with van der Waals surface area (Å²) in [7, 11) is -3.66. The largest absolute Gasteiger partial charge is 0.444 e. The number of hydrogen-bond donors (Lipinski definition) is 2. The second-order valence-electron chi connectivity index (χ2n) is 12.8. The van der Waals surface area contributed by atoms with Crippen LogP contribution < -0.4 is 5.73 Å². The number of amides is 1. The molecule has 2 aromatic carbocycles. The number of anilines is 1. The first-order chi connectivity index (χ1) is 18.4. The molecule has 220 valence electrons. The highest BCUT2D eigenvalue weighted by molar-refractivity contribution is 7.91. The fourth-order valence-corrected chi connectivity index (χ4v) is 7.07. The number of hydrogen-bond acceptors (Lipinski definition) is 6. The highest BCUT2D eigenvalue weighted by atomic mass is 32.2. The van der Waals surface area contributed by atoms with Crippen molar-refractivity contribution in [2.24, 2.45) is 5.92 Å². The molecule has 1 aliphatic rings. The SMILES string of the molecule is C=CCc1cc(C[C@@H]2CS(=O)(=O)C[C@H](N(Cc3cccc(C(C)(C)C)c3)C(=O)OC(C)(C)C)[C@H]2O)cc(F)c1N. The van der Waals surface area contributed by atoms with Crippen LogP contribution in [0.15, 0.2) is 49.1 Å². The van der Waals surface area contributed by atoms with Crippen LogP contribution in [0.1, 0.15) is 63.8 Å². The van der Waals surface area contributed by atoms with Gasteiger partial charge in [0, 0.05) is 12.5 Å². The van der Waals surface area contributed by atoms with Gasteiger partial charge in [0.1, 0.15) is 11.4 Å². The van der Waals surface area contributed by atoms with Crippen molar-refractivity contribution in [3.8, 4) is 0 Å². The molecule has 0 spiro atoms. The molecule has 40 heavy (non-hydrogen) atoms. The summed E-state index contributed by atoms with van der Waals surface area (Å²) in [6.07, 6.45) is 0.161. The van der Waals surface area contributed by atoms with Crippen LogP contribution >= 0.6 is 0 Å². The van der Waals surface area contributed by atoms with E-state index in [0.29, 0.717) is 17.5 Å². The third-order valence-electron chi connectivity index (χ3n) is 7.08. The standard InChI is InChI=1S/C31H43FN2O5S/c1-8-10-22-13-21(16-25(32)27(22)33)14-23-18-40(37,38)19-26(28(23)35)34(29(36)39-31(5,6)7)17-20-11-9-12-24(15-20)30(2,3)4/h8-9,11-13,15-16,23,26,28,35H,1,10,14,17-19,33H2,2-7H3/t23-,26+,28+/m1/s1. The number of nitrogen functional groups attached to an aromatic ring is 1. The van der Waals surface area contributed by atoms with Gasteiger partial charge in [-0.1, -0.05) is 57.2 Å². The molecule has 3 N–H and O–H groups in total. The van der Waals surface area contributed by atoms with Crippen LogP contribution in [0.5, 0.6) is 0 Å². The van der Waals surface area contributed by atoms with Crippen molar-refractivity contribution in [2.45, 2.75) is 84.1 Å². The molecule has 3 atom stereocenters. The summed E-state index contributed by atoms with van der Waals surface area (Å²) in [5.74, 6) is -2.06. The molecule has 9 heteroatoms. The zero-order chi connectivity index (χ0) is 30.0. The van der Waals surface area contributed by atoms with Crippen molar-refractivity contribution in [3.05, 3.63) is 77.1 Å². The molecule has 0 aliphatic carbocycles. The maximum Gasteiger partial charge on any atom is 0.410 e. The molecule has 1 aliphatic heterocycles. The molecular formula is C31H43FN2O5S. The van der Waals surface area contributed by atoms with Crippen LogP contribution in [-0.4, -0.2) is 53.8 Å². The second kappa shape index (κ2) is 11.9. The number of carbonyl (C=O) groups excluding carboxylic acids is 1. The monoisotopic (exact) mass is 574 g/mol. The Morgan fingerprint density at radius 3 is 2.42 bits per heavy atom. The van der Waals surface area contributed by atoms with Gasteiger partial charge in [-0.05, 0) is 67.3 Å². The van der Waals surface area contributed by atoms with E-state index in [-0.39, 0.29) is 29.8 Å². The van der Waals surface area contributed by atoms with Gasteiger partial charge in [-0.2, -0.15) is 0 Å². The van der Waals surface area contributed by atoms with Crippen LogP contribution in [0.4, 0.5) is 14.9 Å². The van der Waals surface area contributed by atoms with Gasteiger partial charge in [-0.3, -0.25) is 4.90 Å². The van der Waals surface area contributed by atoms with Gasteiger partial charge in [-0.15, -0.1) is 6.58 Å². The van der Waals surface area contributed by atoms with E-state index in [1.54, 1.807) is 32.9 Å². The number of allylic oxidation sites excluding steroid dienone is 1. The minimum Gasteiger partial charge on any atom is -0.444 e. The normalized spacial score (nSPS) is 21.1. The fraction of sp³-hybridized carbons (Fsp3) is 0.516. The van der Waals surface area contributed by atoms with E-state index >= 15 is 0 Å². The van der Waals surface area contributed by atoms with Crippen LogP contribution in [0.2, 0.25) is 0 Å². The lowest BCUT2D eigenvalue weighted by atomic mass is 9.86. The van der Waals surface area contributed by atoms with Crippen LogP contribution in [0.25, 0.3) is 0 Å². The third kappa shape index (κ3) is 8.07. The van der Waals surface area contributed by atoms with Crippen molar-refractivity contribution in [1.29, 1.82) is 0 Å². The predicted molar refractivity (Wildman–Crippen MR) is 157 cm³/mol. The quantitative estimate of drug-likeness (QED) is 0.348. The topological polar surface area (TPSA) is 110 Å². The Hall–Kier alpha value is -2.91. The maximum absolute atomic E-state index is 14.6. The van der Waals surface area contributed by atoms with Gasteiger partial charge >= 0.3 is 6.09 Å². The Balaban J connectivity index is 2.00. The number of aliphatic hydroxyl groups excluding tert-OH is 1. The Labute approximate surface area is 238 Å². The van der Waals surface area contributed by atoms with Gasteiger partial charge in [0.25, 0.3) is 0 Å². The van der Waals surface area contributed by atoms with Crippen molar-refractivity contribution < 1.29 is 27.4 Å². The van der Waals surface area contributed by atoms with Crippen LogP contribution in [0, 0.1) is 11.7 Å². The Morgan fingerprint density at radius 2 is 1.82 bits per heavy atom. The molecule has 1 fully saturated rings. The lowest BCUT2D eigenvalue weighted by Crippen LogP contribution is -2.58. The summed E-state index contributed by atoms with van der Waals surface area (Å²) in [5.41, 5.74) is 7.84. The molecule has 1 saturated heterocycles. The molecule has 0 aromatic heterocycles. The smallest absolute Gasteiger partial charge is 0.410 e. The summed E-state index contributed by atoms with van der Waals surface area (Å²) in [6.45, 7) is 15.2. The Kier molecular flexibility index (Phi) is 9.41. The van der Waals surface area contributed by atoms with E-state index in [4.69, 9.17) is 10.5 Å². The van der Waals surface area contributed by atoms with Crippen molar-refractivity contribution in [2.75, 3.05) is 17.2 Å². The summed E-state index contributed by atoms with van der Waals surface area (Å²) >= 11 is 0. The zero-order valence-corrected chi connectivity index (χ0v) is 25.2. The van der Waals surface area contributed by atoms with Gasteiger partial charge in [0.15, 0.2) is 9.84 Å². The minimum atomic E-state index is -3.66. The van der Waals surface area contributed by atoms with Gasteiger partial charge in [-0.25, -0.2) is 17.6 Å². The number of aliphatic hydroxyl groups is 1. The Bertz CT molecular complexity index is 1340. The van der Waals surface area contributed by atoms with E-state index in [9.17, 15) is 22.7 Å². The number of ether oxygens (including phenoxy) is 1. The van der Waals surface area contributed by atoms with Crippen LogP contribution in [-0.2, 0) is 39.4 Å². The molecule has 0 saturated carbocycles. The second-order valence-corrected chi connectivity index (χ2v) is 15.0. The van der Waals surface area contributed by atoms with E-state index in [1.807, 2.05) is 24.3 Å².